The van der Waals surface area contributed by atoms with Crippen molar-refractivity contribution < 1.29 is 18.7 Å². The summed E-state index contributed by atoms with van der Waals surface area (Å²) in [7, 11) is 3.16. The Hall–Kier alpha value is -2.76. The first-order valence-electron chi connectivity index (χ1n) is 7.60. The van der Waals surface area contributed by atoms with Crippen LogP contribution in [0.3, 0.4) is 0 Å². The predicted molar refractivity (Wildman–Crippen MR) is 91.1 cm³/mol. The summed E-state index contributed by atoms with van der Waals surface area (Å²) in [5.41, 5.74) is 1.34. The maximum absolute atomic E-state index is 13.4. The van der Waals surface area contributed by atoms with Crippen LogP contribution >= 0.6 is 0 Å². The lowest BCUT2D eigenvalue weighted by Crippen LogP contribution is -2.31. The largest absolute Gasteiger partial charge is 0.493 e. The highest BCUT2D eigenvalue weighted by molar-refractivity contribution is 5.80. The van der Waals surface area contributed by atoms with Crippen molar-refractivity contribution in [1.82, 2.24) is 5.32 Å². The van der Waals surface area contributed by atoms with E-state index in [1.807, 2.05) is 18.2 Å². The number of benzene rings is 2. The standard InChI is InChI=1S/C18H21FN2O3/c1-23-16-8-7-13(11-17(16)24-2)9-10-20-18(22)12-21-15-6-4-3-5-14(15)19/h3-8,11,21H,9-10,12H2,1-2H3,(H,20,22). The van der Waals surface area contributed by atoms with Crippen LogP contribution in [0.5, 0.6) is 11.5 Å². The number of methoxy groups -OCH3 is 2. The van der Waals surface area contributed by atoms with E-state index in [-0.39, 0.29) is 18.3 Å². The number of amides is 1. The number of para-hydroxylation sites is 1. The summed E-state index contributed by atoms with van der Waals surface area (Å²) in [6.45, 7) is 0.500. The fraction of sp³-hybridized carbons (Fsp3) is 0.278. The molecular weight excluding hydrogens is 311 g/mol. The third-order valence-electron chi connectivity index (χ3n) is 3.50. The summed E-state index contributed by atoms with van der Waals surface area (Å²) in [6.07, 6.45) is 0.659. The molecule has 0 unspecified atom stereocenters. The second-order valence-electron chi connectivity index (χ2n) is 5.12. The van der Waals surface area contributed by atoms with Crippen molar-refractivity contribution >= 4 is 11.6 Å². The summed E-state index contributed by atoms with van der Waals surface area (Å²) >= 11 is 0. The Morgan fingerprint density at radius 1 is 1.08 bits per heavy atom. The molecule has 128 valence electrons. The first kappa shape index (κ1) is 17.6. The van der Waals surface area contributed by atoms with Gasteiger partial charge in [-0.05, 0) is 36.2 Å². The van der Waals surface area contributed by atoms with Crippen LogP contribution in [0.2, 0.25) is 0 Å². The van der Waals surface area contributed by atoms with E-state index < -0.39 is 0 Å². The van der Waals surface area contributed by atoms with Crippen LogP contribution in [-0.2, 0) is 11.2 Å². The molecule has 0 aliphatic carbocycles. The minimum Gasteiger partial charge on any atom is -0.493 e. The van der Waals surface area contributed by atoms with Gasteiger partial charge in [-0.2, -0.15) is 0 Å². The number of anilines is 1. The van der Waals surface area contributed by atoms with Gasteiger partial charge in [0.25, 0.3) is 0 Å². The zero-order valence-electron chi connectivity index (χ0n) is 13.8. The van der Waals surface area contributed by atoms with Gasteiger partial charge < -0.3 is 20.1 Å². The molecule has 5 nitrogen and oxygen atoms in total. The molecule has 0 saturated carbocycles. The third-order valence-corrected chi connectivity index (χ3v) is 3.50. The molecule has 0 aliphatic rings. The summed E-state index contributed by atoms with van der Waals surface area (Å²) in [5, 5.41) is 5.56. The van der Waals surface area contributed by atoms with Crippen molar-refractivity contribution in [1.29, 1.82) is 0 Å². The molecule has 1 amide bonds. The van der Waals surface area contributed by atoms with E-state index in [2.05, 4.69) is 10.6 Å². The van der Waals surface area contributed by atoms with Gasteiger partial charge in [0.05, 0.1) is 26.5 Å². The quantitative estimate of drug-likeness (QED) is 0.780. The summed E-state index contributed by atoms with van der Waals surface area (Å²) in [4.78, 5) is 11.8. The van der Waals surface area contributed by atoms with Gasteiger partial charge in [-0.3, -0.25) is 4.79 Å². The fourth-order valence-electron chi connectivity index (χ4n) is 2.22. The average Bonchev–Trinajstić information content (AvgIpc) is 2.61. The molecule has 0 aromatic heterocycles. The lowest BCUT2D eigenvalue weighted by molar-refractivity contribution is -0.119. The van der Waals surface area contributed by atoms with Crippen molar-refractivity contribution in [3.8, 4) is 11.5 Å². The molecule has 6 heteroatoms. The maximum atomic E-state index is 13.4. The van der Waals surface area contributed by atoms with Crippen molar-refractivity contribution in [3.63, 3.8) is 0 Å². The van der Waals surface area contributed by atoms with Gasteiger partial charge in [-0.1, -0.05) is 18.2 Å². The Morgan fingerprint density at radius 3 is 2.54 bits per heavy atom. The van der Waals surface area contributed by atoms with E-state index >= 15 is 0 Å². The van der Waals surface area contributed by atoms with E-state index in [0.29, 0.717) is 30.2 Å². The molecule has 0 radical (unpaired) electrons. The van der Waals surface area contributed by atoms with Crippen LogP contribution in [-0.4, -0.2) is 33.2 Å². The van der Waals surface area contributed by atoms with E-state index in [1.165, 1.54) is 6.07 Å². The van der Waals surface area contributed by atoms with E-state index in [0.717, 1.165) is 5.56 Å². The third kappa shape index (κ3) is 4.87. The molecule has 2 N–H and O–H groups in total. The van der Waals surface area contributed by atoms with Gasteiger partial charge in [0.15, 0.2) is 11.5 Å². The molecule has 0 aliphatic heterocycles. The Balaban J connectivity index is 1.77. The molecule has 0 spiro atoms. The predicted octanol–water partition coefficient (Wildman–Crippen LogP) is 2.61. The SMILES string of the molecule is COc1ccc(CCNC(=O)CNc2ccccc2F)cc1OC. The van der Waals surface area contributed by atoms with Gasteiger partial charge in [-0.15, -0.1) is 0 Å². The van der Waals surface area contributed by atoms with Crippen LogP contribution in [0.15, 0.2) is 42.5 Å². The van der Waals surface area contributed by atoms with E-state index in [4.69, 9.17) is 9.47 Å². The first-order chi connectivity index (χ1) is 11.6. The van der Waals surface area contributed by atoms with Gasteiger partial charge in [0, 0.05) is 6.54 Å². The van der Waals surface area contributed by atoms with E-state index in [1.54, 1.807) is 32.4 Å². The molecule has 0 saturated heterocycles. The number of halogens is 1. The minimum atomic E-state index is -0.379. The molecule has 2 aromatic carbocycles. The number of ether oxygens (including phenoxy) is 2. The van der Waals surface area contributed by atoms with Crippen molar-refractivity contribution in [2.75, 3.05) is 32.6 Å². The monoisotopic (exact) mass is 332 g/mol. The molecule has 0 heterocycles. The molecule has 2 rings (SSSR count). The Labute approximate surface area is 140 Å². The van der Waals surface area contributed by atoms with Crippen LogP contribution in [0.25, 0.3) is 0 Å². The fourth-order valence-corrected chi connectivity index (χ4v) is 2.22. The maximum Gasteiger partial charge on any atom is 0.239 e. The topological polar surface area (TPSA) is 59.6 Å². The second-order valence-corrected chi connectivity index (χ2v) is 5.12. The minimum absolute atomic E-state index is 0.0207. The number of carbonyl (C=O) groups is 1. The number of hydrogen-bond acceptors (Lipinski definition) is 4. The highest BCUT2D eigenvalue weighted by Gasteiger charge is 2.06. The Kier molecular flexibility index (Phi) is 6.42. The van der Waals surface area contributed by atoms with Gasteiger partial charge in [-0.25, -0.2) is 4.39 Å². The van der Waals surface area contributed by atoms with Crippen molar-refractivity contribution in [2.45, 2.75) is 6.42 Å². The molecule has 2 aromatic rings. The number of carbonyl (C=O) groups excluding carboxylic acids is 1. The highest BCUT2D eigenvalue weighted by Crippen LogP contribution is 2.27. The second kappa shape index (κ2) is 8.76. The Bertz CT molecular complexity index is 692. The van der Waals surface area contributed by atoms with Crippen molar-refractivity contribution in [2.24, 2.45) is 0 Å². The van der Waals surface area contributed by atoms with Gasteiger partial charge in [0.1, 0.15) is 5.82 Å². The lowest BCUT2D eigenvalue weighted by Gasteiger charge is -2.11. The summed E-state index contributed by atoms with van der Waals surface area (Å²) < 4.78 is 23.9. The molecule has 24 heavy (non-hydrogen) atoms. The van der Waals surface area contributed by atoms with Crippen molar-refractivity contribution in [3.05, 3.63) is 53.8 Å². The highest BCUT2D eigenvalue weighted by atomic mass is 19.1. The van der Waals surface area contributed by atoms with Crippen LogP contribution < -0.4 is 20.1 Å². The van der Waals surface area contributed by atoms with E-state index in [9.17, 15) is 9.18 Å². The normalized spacial score (nSPS) is 10.1. The average molecular weight is 332 g/mol. The zero-order valence-corrected chi connectivity index (χ0v) is 13.8. The molecular formula is C18H21FN2O3. The van der Waals surface area contributed by atoms with Gasteiger partial charge >= 0.3 is 0 Å². The Morgan fingerprint density at radius 2 is 1.83 bits per heavy atom. The molecule has 0 atom stereocenters. The van der Waals surface area contributed by atoms with Crippen LogP contribution in [0, 0.1) is 5.82 Å². The summed E-state index contributed by atoms with van der Waals surface area (Å²) in [5.74, 6) is 0.747. The smallest absolute Gasteiger partial charge is 0.239 e. The molecule has 0 bridgehead atoms. The number of hydrogen-bond donors (Lipinski definition) is 2. The molecule has 0 fully saturated rings. The lowest BCUT2D eigenvalue weighted by atomic mass is 10.1. The number of nitrogens with one attached hydrogen (secondary N) is 2. The number of rotatable bonds is 8. The first-order valence-corrected chi connectivity index (χ1v) is 7.60. The summed E-state index contributed by atoms with van der Waals surface area (Å²) in [6, 6.07) is 11.9. The van der Waals surface area contributed by atoms with Crippen LogP contribution in [0.4, 0.5) is 10.1 Å². The van der Waals surface area contributed by atoms with Gasteiger partial charge in [0.2, 0.25) is 5.91 Å². The van der Waals surface area contributed by atoms with Crippen LogP contribution in [0.1, 0.15) is 5.56 Å². The zero-order chi connectivity index (χ0) is 17.4.